The summed E-state index contributed by atoms with van der Waals surface area (Å²) in [5.74, 6) is 1.31. The maximum Gasteiger partial charge on any atom is 0.251 e. The quantitative estimate of drug-likeness (QED) is 0.865. The lowest BCUT2D eigenvalue weighted by Crippen LogP contribution is -2.45. The minimum absolute atomic E-state index is 0. The summed E-state index contributed by atoms with van der Waals surface area (Å²) in [4.78, 5) is 12.2. The molecule has 0 unspecified atom stereocenters. The monoisotopic (exact) mass is 298 g/mol. The first-order chi connectivity index (χ1) is 9.33. The highest BCUT2D eigenvalue weighted by atomic mass is 35.5. The minimum Gasteiger partial charge on any atom is -0.486 e. The van der Waals surface area contributed by atoms with Crippen molar-refractivity contribution in [2.45, 2.75) is 18.9 Å². The van der Waals surface area contributed by atoms with E-state index in [4.69, 9.17) is 9.47 Å². The number of rotatable bonds is 2. The van der Waals surface area contributed by atoms with E-state index in [1.807, 2.05) is 0 Å². The number of hydrogen-bond acceptors (Lipinski definition) is 4. The zero-order chi connectivity index (χ0) is 13.1. The fourth-order valence-electron chi connectivity index (χ4n) is 2.43. The fraction of sp³-hybridized carbons (Fsp3) is 0.500. The zero-order valence-electron chi connectivity index (χ0n) is 11.2. The van der Waals surface area contributed by atoms with Crippen LogP contribution in [0.2, 0.25) is 0 Å². The van der Waals surface area contributed by atoms with Crippen LogP contribution in [-0.2, 0) is 0 Å². The van der Waals surface area contributed by atoms with Crippen molar-refractivity contribution < 1.29 is 14.3 Å². The van der Waals surface area contributed by atoms with Crippen molar-refractivity contribution in [1.29, 1.82) is 0 Å². The molecule has 3 rings (SSSR count). The van der Waals surface area contributed by atoms with Gasteiger partial charge in [-0.3, -0.25) is 4.79 Å². The van der Waals surface area contributed by atoms with Crippen molar-refractivity contribution in [1.82, 2.24) is 10.6 Å². The summed E-state index contributed by atoms with van der Waals surface area (Å²) in [7, 11) is 0. The molecule has 20 heavy (non-hydrogen) atoms. The normalized spacial score (nSPS) is 20.7. The third kappa shape index (κ3) is 3.35. The van der Waals surface area contributed by atoms with Crippen LogP contribution in [-0.4, -0.2) is 38.3 Å². The Balaban J connectivity index is 0.00000147. The van der Waals surface area contributed by atoms with Crippen LogP contribution in [0, 0.1) is 0 Å². The highest BCUT2D eigenvalue weighted by Crippen LogP contribution is 2.30. The lowest BCUT2D eigenvalue weighted by atomic mass is 10.1. The number of fused-ring (bicyclic) bond motifs is 1. The summed E-state index contributed by atoms with van der Waals surface area (Å²) in [6.45, 7) is 2.98. The molecule has 6 heteroatoms. The third-order valence-corrected chi connectivity index (χ3v) is 3.44. The van der Waals surface area contributed by atoms with Crippen molar-refractivity contribution in [2.24, 2.45) is 0 Å². The highest BCUT2D eigenvalue weighted by molar-refractivity contribution is 5.95. The molecule has 2 aliphatic heterocycles. The van der Waals surface area contributed by atoms with Crippen LogP contribution in [0.25, 0.3) is 0 Å². The average Bonchev–Trinajstić information content (AvgIpc) is 2.48. The average molecular weight is 299 g/mol. The van der Waals surface area contributed by atoms with Crippen molar-refractivity contribution in [3.63, 3.8) is 0 Å². The predicted octanol–water partition coefficient (Wildman–Crippen LogP) is 1.36. The van der Waals surface area contributed by atoms with Crippen LogP contribution >= 0.6 is 12.4 Å². The fourth-order valence-corrected chi connectivity index (χ4v) is 2.43. The summed E-state index contributed by atoms with van der Waals surface area (Å²) in [6, 6.07) is 5.54. The molecule has 2 N–H and O–H groups in total. The zero-order valence-corrected chi connectivity index (χ0v) is 12.0. The smallest absolute Gasteiger partial charge is 0.251 e. The molecule has 0 aromatic heterocycles. The second-order valence-electron chi connectivity index (χ2n) is 4.88. The van der Waals surface area contributed by atoms with E-state index in [0.717, 1.165) is 25.9 Å². The maximum absolute atomic E-state index is 12.2. The SMILES string of the molecule is Cl.O=C(N[C@@H]1CCCNC1)c1ccc2c(c1)OCCO2. The molecule has 1 atom stereocenters. The van der Waals surface area contributed by atoms with Gasteiger partial charge in [-0.05, 0) is 37.6 Å². The molecule has 0 bridgehead atoms. The van der Waals surface area contributed by atoms with Gasteiger partial charge in [0, 0.05) is 18.2 Å². The molecule has 1 saturated heterocycles. The van der Waals surface area contributed by atoms with Gasteiger partial charge < -0.3 is 20.1 Å². The molecule has 0 radical (unpaired) electrons. The number of carbonyl (C=O) groups is 1. The summed E-state index contributed by atoms with van der Waals surface area (Å²) >= 11 is 0. The number of carbonyl (C=O) groups excluding carboxylic acids is 1. The molecular formula is C14H19ClN2O3. The Hall–Kier alpha value is -1.46. The number of piperidine rings is 1. The standard InChI is InChI=1S/C14H18N2O3.ClH/c17-14(16-11-2-1-5-15-9-11)10-3-4-12-13(8-10)19-7-6-18-12;/h3-4,8,11,15H,1-2,5-7,9H2,(H,16,17);1H/t11-;/m1./s1. The molecule has 1 fully saturated rings. The van der Waals surface area contributed by atoms with Gasteiger partial charge in [-0.2, -0.15) is 0 Å². The van der Waals surface area contributed by atoms with Gasteiger partial charge in [0.2, 0.25) is 0 Å². The van der Waals surface area contributed by atoms with Gasteiger partial charge >= 0.3 is 0 Å². The van der Waals surface area contributed by atoms with E-state index in [1.165, 1.54) is 0 Å². The number of amides is 1. The molecule has 0 saturated carbocycles. The second-order valence-corrected chi connectivity index (χ2v) is 4.88. The lowest BCUT2D eigenvalue weighted by Gasteiger charge is -2.24. The Morgan fingerprint density at radius 3 is 2.80 bits per heavy atom. The Bertz CT molecular complexity index is 475. The van der Waals surface area contributed by atoms with Crippen LogP contribution in [0.3, 0.4) is 0 Å². The molecule has 110 valence electrons. The molecule has 1 amide bonds. The van der Waals surface area contributed by atoms with Crippen LogP contribution in [0.15, 0.2) is 18.2 Å². The predicted molar refractivity (Wildman–Crippen MR) is 78.0 cm³/mol. The second kappa shape index (κ2) is 6.81. The third-order valence-electron chi connectivity index (χ3n) is 3.44. The number of ether oxygens (including phenoxy) is 2. The van der Waals surface area contributed by atoms with Gasteiger partial charge in [0.25, 0.3) is 5.91 Å². The van der Waals surface area contributed by atoms with Gasteiger partial charge in [0.15, 0.2) is 11.5 Å². The van der Waals surface area contributed by atoms with E-state index in [-0.39, 0.29) is 24.4 Å². The number of hydrogen-bond donors (Lipinski definition) is 2. The van der Waals surface area contributed by atoms with Gasteiger partial charge in [0.05, 0.1) is 0 Å². The van der Waals surface area contributed by atoms with Crippen LogP contribution < -0.4 is 20.1 Å². The molecule has 2 heterocycles. The number of benzene rings is 1. The summed E-state index contributed by atoms with van der Waals surface area (Å²) in [5, 5.41) is 6.33. The van der Waals surface area contributed by atoms with E-state index in [0.29, 0.717) is 30.3 Å². The van der Waals surface area contributed by atoms with Gasteiger partial charge in [-0.1, -0.05) is 0 Å². The van der Waals surface area contributed by atoms with E-state index >= 15 is 0 Å². The lowest BCUT2D eigenvalue weighted by molar-refractivity contribution is 0.0929. The van der Waals surface area contributed by atoms with E-state index in [1.54, 1.807) is 18.2 Å². The van der Waals surface area contributed by atoms with Crippen molar-refractivity contribution in [3.8, 4) is 11.5 Å². The molecule has 5 nitrogen and oxygen atoms in total. The van der Waals surface area contributed by atoms with Crippen molar-refractivity contribution in [2.75, 3.05) is 26.3 Å². The largest absolute Gasteiger partial charge is 0.486 e. The van der Waals surface area contributed by atoms with E-state index in [9.17, 15) is 4.79 Å². The highest BCUT2D eigenvalue weighted by Gasteiger charge is 2.18. The van der Waals surface area contributed by atoms with Crippen LogP contribution in [0.5, 0.6) is 11.5 Å². The summed E-state index contributed by atoms with van der Waals surface area (Å²) < 4.78 is 10.9. The maximum atomic E-state index is 12.2. The van der Waals surface area contributed by atoms with E-state index < -0.39 is 0 Å². The summed E-state index contributed by atoms with van der Waals surface area (Å²) in [6.07, 6.45) is 2.13. The minimum atomic E-state index is -0.0503. The van der Waals surface area contributed by atoms with Gasteiger partial charge in [0.1, 0.15) is 13.2 Å². The Morgan fingerprint density at radius 2 is 2.05 bits per heavy atom. The number of halogens is 1. The van der Waals surface area contributed by atoms with Gasteiger partial charge in [-0.15, -0.1) is 12.4 Å². The first-order valence-electron chi connectivity index (χ1n) is 6.74. The molecule has 1 aromatic carbocycles. The molecule has 0 aliphatic carbocycles. The molecular weight excluding hydrogens is 280 g/mol. The van der Waals surface area contributed by atoms with Crippen molar-refractivity contribution >= 4 is 18.3 Å². The molecule has 1 aromatic rings. The first kappa shape index (κ1) is 14.9. The Morgan fingerprint density at radius 1 is 1.25 bits per heavy atom. The van der Waals surface area contributed by atoms with E-state index in [2.05, 4.69) is 10.6 Å². The Labute approximate surface area is 124 Å². The molecule has 0 spiro atoms. The number of nitrogens with one attached hydrogen (secondary N) is 2. The first-order valence-corrected chi connectivity index (χ1v) is 6.74. The van der Waals surface area contributed by atoms with Crippen molar-refractivity contribution in [3.05, 3.63) is 23.8 Å². The van der Waals surface area contributed by atoms with Gasteiger partial charge in [-0.25, -0.2) is 0 Å². The summed E-state index contributed by atoms with van der Waals surface area (Å²) in [5.41, 5.74) is 0.620. The topological polar surface area (TPSA) is 59.6 Å². The molecule has 2 aliphatic rings. The Kier molecular flexibility index (Phi) is 5.09. The van der Waals surface area contributed by atoms with Crippen LogP contribution in [0.4, 0.5) is 0 Å². The van der Waals surface area contributed by atoms with Crippen LogP contribution in [0.1, 0.15) is 23.2 Å².